The van der Waals surface area contributed by atoms with Crippen molar-refractivity contribution in [2.75, 3.05) is 44.2 Å². The first-order valence-electron chi connectivity index (χ1n) is 11.8. The Kier molecular flexibility index (Phi) is 8.14. The molecule has 0 atom stereocenters. The lowest BCUT2D eigenvalue weighted by Gasteiger charge is -2.36. The van der Waals surface area contributed by atoms with Crippen LogP contribution in [0.4, 0.5) is 5.69 Å². The van der Waals surface area contributed by atoms with Crippen LogP contribution in [0.1, 0.15) is 29.4 Å². The Morgan fingerprint density at radius 2 is 1.88 bits per heavy atom. The molecule has 0 bridgehead atoms. The number of nitrogens with zero attached hydrogens (tertiary/aromatic N) is 4. The van der Waals surface area contributed by atoms with E-state index in [0.717, 1.165) is 73.9 Å². The van der Waals surface area contributed by atoms with E-state index in [1.807, 2.05) is 49.5 Å². The van der Waals surface area contributed by atoms with Crippen LogP contribution >= 0.6 is 23.2 Å². The fraction of sp³-hybridized carbons (Fsp3) is 0.385. The predicted molar refractivity (Wildman–Crippen MR) is 140 cm³/mol. The molecule has 0 radical (unpaired) electrons. The van der Waals surface area contributed by atoms with Gasteiger partial charge in [0.2, 0.25) is 0 Å². The minimum absolute atomic E-state index is 0.0261. The molecule has 0 saturated carbocycles. The molecule has 1 fully saturated rings. The number of pyridine rings is 1. The van der Waals surface area contributed by atoms with E-state index in [2.05, 4.69) is 31.6 Å². The summed E-state index contributed by atoms with van der Waals surface area (Å²) >= 11 is 12.6. The highest BCUT2D eigenvalue weighted by Crippen LogP contribution is 2.33. The standard InChI is InChI=1S/C26H31Cl2N5O/c1-3-11-33-19(2)21(17-24(33)20-6-5-9-29-18-20)26(34)30-10-12-31-13-15-32(16-14-31)23-8-4-7-22(27)25(23)28/h4-9,17-18H,3,10-16H2,1-2H3,(H,30,34). The number of hydrogen-bond donors (Lipinski definition) is 1. The maximum Gasteiger partial charge on any atom is 0.253 e. The number of carbonyl (C=O) groups excluding carboxylic acids is 1. The smallest absolute Gasteiger partial charge is 0.253 e. The lowest BCUT2D eigenvalue weighted by atomic mass is 10.2. The molecular weight excluding hydrogens is 469 g/mol. The summed E-state index contributed by atoms with van der Waals surface area (Å²) in [6.45, 7) is 10.0. The predicted octanol–water partition coefficient (Wildman–Crippen LogP) is 5.13. The number of anilines is 1. The zero-order valence-electron chi connectivity index (χ0n) is 19.7. The molecule has 0 spiro atoms. The van der Waals surface area contributed by atoms with E-state index in [4.69, 9.17) is 23.2 Å². The molecule has 1 saturated heterocycles. The Morgan fingerprint density at radius 1 is 1.09 bits per heavy atom. The van der Waals surface area contributed by atoms with Crippen LogP contribution < -0.4 is 10.2 Å². The van der Waals surface area contributed by atoms with Gasteiger partial charge in [0.15, 0.2) is 0 Å². The molecule has 6 nitrogen and oxygen atoms in total. The molecule has 8 heteroatoms. The maximum absolute atomic E-state index is 13.0. The monoisotopic (exact) mass is 499 g/mol. The summed E-state index contributed by atoms with van der Waals surface area (Å²) in [6, 6.07) is 11.7. The van der Waals surface area contributed by atoms with Crippen LogP contribution in [0.3, 0.4) is 0 Å². The van der Waals surface area contributed by atoms with Crippen molar-refractivity contribution in [2.24, 2.45) is 0 Å². The Morgan fingerprint density at radius 3 is 2.59 bits per heavy atom. The molecule has 0 unspecified atom stereocenters. The second-order valence-corrected chi connectivity index (χ2v) is 9.36. The van der Waals surface area contributed by atoms with Crippen LogP contribution in [0.15, 0.2) is 48.8 Å². The highest BCUT2D eigenvalue weighted by molar-refractivity contribution is 6.43. The number of rotatable bonds is 8. The number of amides is 1. The summed E-state index contributed by atoms with van der Waals surface area (Å²) in [7, 11) is 0. The summed E-state index contributed by atoms with van der Waals surface area (Å²) < 4.78 is 2.21. The Labute approximate surface area is 211 Å². The Bertz CT molecular complexity index is 1120. The second-order valence-electron chi connectivity index (χ2n) is 8.58. The summed E-state index contributed by atoms with van der Waals surface area (Å²) in [5.41, 5.74) is 4.76. The molecular formula is C26H31Cl2N5O. The third-order valence-electron chi connectivity index (χ3n) is 6.37. The topological polar surface area (TPSA) is 53.4 Å². The number of aromatic nitrogens is 2. The quantitative estimate of drug-likeness (QED) is 0.466. The average molecular weight is 500 g/mol. The van der Waals surface area contributed by atoms with Crippen molar-refractivity contribution in [1.82, 2.24) is 19.8 Å². The average Bonchev–Trinajstić information content (AvgIpc) is 3.18. The van der Waals surface area contributed by atoms with Gasteiger partial charge in [-0.2, -0.15) is 0 Å². The number of nitrogens with one attached hydrogen (secondary N) is 1. The summed E-state index contributed by atoms with van der Waals surface area (Å²) in [5, 5.41) is 4.31. The first-order chi connectivity index (χ1) is 16.5. The molecule has 34 heavy (non-hydrogen) atoms. The van der Waals surface area contributed by atoms with Crippen molar-refractivity contribution in [2.45, 2.75) is 26.8 Å². The molecule has 4 rings (SSSR count). The Hall–Kier alpha value is -2.54. The molecule has 2 aromatic heterocycles. The third-order valence-corrected chi connectivity index (χ3v) is 7.18. The second kappa shape index (κ2) is 11.3. The molecule has 1 amide bonds. The number of halogens is 2. The van der Waals surface area contributed by atoms with Crippen molar-refractivity contribution in [3.8, 4) is 11.3 Å². The molecule has 1 aliphatic rings. The van der Waals surface area contributed by atoms with Crippen molar-refractivity contribution in [1.29, 1.82) is 0 Å². The van der Waals surface area contributed by atoms with E-state index >= 15 is 0 Å². The minimum atomic E-state index is -0.0261. The molecule has 3 aromatic rings. The zero-order chi connectivity index (χ0) is 24.1. The summed E-state index contributed by atoms with van der Waals surface area (Å²) in [6.07, 6.45) is 4.61. The maximum atomic E-state index is 13.0. The van der Waals surface area contributed by atoms with E-state index in [1.165, 1.54) is 0 Å². The fourth-order valence-electron chi connectivity index (χ4n) is 4.51. The van der Waals surface area contributed by atoms with Gasteiger partial charge in [0.1, 0.15) is 0 Å². The van der Waals surface area contributed by atoms with Gasteiger partial charge in [0.25, 0.3) is 5.91 Å². The van der Waals surface area contributed by atoms with Gasteiger partial charge in [0.05, 0.1) is 27.0 Å². The molecule has 3 heterocycles. The fourth-order valence-corrected chi connectivity index (χ4v) is 4.93. The lowest BCUT2D eigenvalue weighted by molar-refractivity contribution is 0.0947. The molecule has 1 N–H and O–H groups in total. The van der Waals surface area contributed by atoms with Gasteiger partial charge in [0, 0.05) is 69.5 Å². The van der Waals surface area contributed by atoms with Gasteiger partial charge in [-0.15, -0.1) is 0 Å². The van der Waals surface area contributed by atoms with Gasteiger partial charge in [-0.3, -0.25) is 14.7 Å². The van der Waals surface area contributed by atoms with Gasteiger partial charge in [-0.1, -0.05) is 36.2 Å². The van der Waals surface area contributed by atoms with Crippen LogP contribution in [0.2, 0.25) is 10.0 Å². The van der Waals surface area contributed by atoms with Crippen LogP contribution in [0.25, 0.3) is 11.3 Å². The van der Waals surface area contributed by atoms with Crippen molar-refractivity contribution < 1.29 is 4.79 Å². The van der Waals surface area contributed by atoms with Crippen LogP contribution in [0.5, 0.6) is 0 Å². The van der Waals surface area contributed by atoms with Crippen LogP contribution in [0, 0.1) is 6.92 Å². The van der Waals surface area contributed by atoms with Crippen molar-refractivity contribution in [3.63, 3.8) is 0 Å². The molecule has 1 aromatic carbocycles. The highest BCUT2D eigenvalue weighted by Gasteiger charge is 2.21. The van der Waals surface area contributed by atoms with E-state index in [0.29, 0.717) is 16.6 Å². The number of benzene rings is 1. The summed E-state index contributed by atoms with van der Waals surface area (Å²) in [4.78, 5) is 21.9. The Balaban J connectivity index is 1.33. The van der Waals surface area contributed by atoms with Crippen molar-refractivity contribution >= 4 is 34.8 Å². The van der Waals surface area contributed by atoms with E-state index in [-0.39, 0.29) is 5.91 Å². The number of hydrogen-bond acceptors (Lipinski definition) is 4. The first-order valence-corrected chi connectivity index (χ1v) is 12.5. The van der Waals surface area contributed by atoms with Gasteiger partial charge < -0.3 is 14.8 Å². The van der Waals surface area contributed by atoms with Gasteiger partial charge in [-0.05, 0) is 43.7 Å². The van der Waals surface area contributed by atoms with E-state index in [1.54, 1.807) is 6.20 Å². The normalized spacial score (nSPS) is 14.4. The van der Waals surface area contributed by atoms with Gasteiger partial charge in [-0.25, -0.2) is 0 Å². The minimum Gasteiger partial charge on any atom is -0.368 e. The van der Waals surface area contributed by atoms with Gasteiger partial charge >= 0.3 is 0 Å². The SMILES string of the molecule is CCCn1c(-c2cccnc2)cc(C(=O)NCCN2CCN(c3cccc(Cl)c3Cl)CC2)c1C. The molecule has 1 aliphatic heterocycles. The number of piperazine rings is 1. The third kappa shape index (κ3) is 5.40. The van der Waals surface area contributed by atoms with Crippen LogP contribution in [-0.4, -0.2) is 59.6 Å². The molecule has 0 aliphatic carbocycles. The largest absolute Gasteiger partial charge is 0.368 e. The lowest BCUT2D eigenvalue weighted by Crippen LogP contribution is -2.48. The molecule has 180 valence electrons. The van der Waals surface area contributed by atoms with E-state index in [9.17, 15) is 4.79 Å². The zero-order valence-corrected chi connectivity index (χ0v) is 21.2. The van der Waals surface area contributed by atoms with Crippen molar-refractivity contribution in [3.05, 3.63) is 70.1 Å². The number of carbonyl (C=O) groups is 1. The highest BCUT2D eigenvalue weighted by atomic mass is 35.5. The first kappa shape index (κ1) is 24.6. The summed E-state index contributed by atoms with van der Waals surface area (Å²) in [5.74, 6) is -0.0261. The van der Waals surface area contributed by atoms with E-state index < -0.39 is 0 Å². The van der Waals surface area contributed by atoms with Crippen LogP contribution in [-0.2, 0) is 6.54 Å².